The van der Waals surface area contributed by atoms with Gasteiger partial charge >= 0.3 is 0 Å². The van der Waals surface area contributed by atoms with Gasteiger partial charge in [0, 0.05) is 0 Å². The lowest BCUT2D eigenvalue weighted by Gasteiger charge is -2.30. The first kappa shape index (κ1) is 32.1. The number of hydrogen-bond donors (Lipinski definition) is 8. The molecule has 0 aliphatic heterocycles. The topological polar surface area (TPSA) is 222 Å². The van der Waals surface area contributed by atoms with Crippen LogP contribution < -0.4 is 4.74 Å². The molecule has 0 spiro atoms. The molecule has 0 amide bonds. The van der Waals surface area contributed by atoms with Gasteiger partial charge in [-0.2, -0.15) is 0 Å². The van der Waals surface area contributed by atoms with E-state index >= 15 is 0 Å². The molecule has 0 saturated heterocycles. The van der Waals surface area contributed by atoms with Crippen LogP contribution in [0.4, 0.5) is 0 Å². The summed E-state index contributed by atoms with van der Waals surface area (Å²) in [7, 11) is 1.31. The highest BCUT2D eigenvalue weighted by atomic mass is 16.5. The summed E-state index contributed by atoms with van der Waals surface area (Å²) in [5.41, 5.74) is -2.78. The third kappa shape index (κ3) is 7.45. The molecular weight excluding hydrogens is 564 g/mol. The average molecular weight is 593 g/mol. The monoisotopic (exact) mass is 592 g/mol. The SMILES string of the molecule is COc1cc(/C=C/C(=O)C(O)C(O)C(O)(C(=O)/C=C/c2ccc(O)c(O)c2)C(=O)/C=C/c2ccc(O)c(O)c2)ccc1O. The molecule has 3 aromatic carbocycles. The zero-order valence-corrected chi connectivity index (χ0v) is 22.5. The Hall–Kier alpha value is -5.43. The fourth-order valence-electron chi connectivity index (χ4n) is 3.76. The Kier molecular flexibility index (Phi) is 10.1. The van der Waals surface area contributed by atoms with Crippen molar-refractivity contribution in [2.75, 3.05) is 7.11 Å². The van der Waals surface area contributed by atoms with Gasteiger partial charge in [-0.1, -0.05) is 36.4 Å². The van der Waals surface area contributed by atoms with Crippen LogP contribution >= 0.6 is 0 Å². The minimum atomic E-state index is -3.41. The Labute approximate surface area is 244 Å². The normalized spacial score (nSPS) is 13.4. The van der Waals surface area contributed by atoms with Gasteiger partial charge in [0.05, 0.1) is 7.11 Å². The Morgan fingerprint density at radius 1 is 0.651 bits per heavy atom. The highest BCUT2D eigenvalue weighted by Gasteiger charge is 2.51. The summed E-state index contributed by atoms with van der Waals surface area (Å²) in [4.78, 5) is 39.1. The van der Waals surface area contributed by atoms with Gasteiger partial charge in [-0.25, -0.2) is 0 Å². The van der Waals surface area contributed by atoms with Crippen LogP contribution in [0.2, 0.25) is 0 Å². The van der Waals surface area contributed by atoms with Gasteiger partial charge in [0.15, 0.2) is 51.8 Å². The zero-order valence-electron chi connectivity index (χ0n) is 22.5. The lowest BCUT2D eigenvalue weighted by molar-refractivity contribution is -0.168. The summed E-state index contributed by atoms with van der Waals surface area (Å²) in [6.45, 7) is 0. The van der Waals surface area contributed by atoms with Crippen molar-refractivity contribution in [3.05, 3.63) is 89.5 Å². The van der Waals surface area contributed by atoms with Gasteiger partial charge in [0.25, 0.3) is 0 Å². The number of carbonyl (C=O) groups is 3. The summed E-state index contributed by atoms with van der Waals surface area (Å²) >= 11 is 0. The van der Waals surface area contributed by atoms with E-state index in [1.165, 1.54) is 43.5 Å². The van der Waals surface area contributed by atoms with E-state index in [0.717, 1.165) is 42.5 Å². The first-order valence-electron chi connectivity index (χ1n) is 12.4. The number of hydrogen-bond acceptors (Lipinski definition) is 12. The molecule has 0 aromatic heterocycles. The quantitative estimate of drug-likeness (QED) is 0.0857. The number of ether oxygens (including phenoxy) is 1. The van der Waals surface area contributed by atoms with E-state index in [4.69, 9.17) is 4.74 Å². The van der Waals surface area contributed by atoms with Crippen LogP contribution in [-0.4, -0.2) is 83.1 Å². The molecule has 12 heteroatoms. The Balaban J connectivity index is 1.94. The average Bonchev–Trinajstić information content (AvgIpc) is 2.99. The Bertz CT molecular complexity index is 1550. The van der Waals surface area contributed by atoms with E-state index in [2.05, 4.69) is 0 Å². The lowest BCUT2D eigenvalue weighted by Crippen LogP contribution is -2.60. The second-order valence-electron chi connectivity index (χ2n) is 9.21. The van der Waals surface area contributed by atoms with Gasteiger partial charge in [-0.05, 0) is 71.3 Å². The largest absolute Gasteiger partial charge is 0.504 e. The van der Waals surface area contributed by atoms with Gasteiger partial charge < -0.3 is 45.6 Å². The van der Waals surface area contributed by atoms with Crippen molar-refractivity contribution in [1.29, 1.82) is 0 Å². The van der Waals surface area contributed by atoms with Crippen molar-refractivity contribution in [2.45, 2.75) is 17.8 Å². The van der Waals surface area contributed by atoms with Crippen LogP contribution in [0.15, 0.2) is 72.8 Å². The van der Waals surface area contributed by atoms with Crippen molar-refractivity contribution in [3.63, 3.8) is 0 Å². The van der Waals surface area contributed by atoms with E-state index < -0.39 is 58.2 Å². The molecule has 0 aliphatic rings. The summed E-state index contributed by atoms with van der Waals surface area (Å²) in [5.74, 6) is -6.13. The lowest BCUT2D eigenvalue weighted by atomic mass is 9.82. The smallest absolute Gasteiger partial charge is 0.218 e. The third-order valence-electron chi connectivity index (χ3n) is 6.27. The first-order valence-corrected chi connectivity index (χ1v) is 12.4. The van der Waals surface area contributed by atoms with Crippen molar-refractivity contribution in [1.82, 2.24) is 0 Å². The van der Waals surface area contributed by atoms with E-state index in [-0.39, 0.29) is 22.6 Å². The van der Waals surface area contributed by atoms with E-state index in [9.17, 15) is 55.2 Å². The molecule has 0 bridgehead atoms. The Morgan fingerprint density at radius 2 is 1.07 bits per heavy atom. The fourth-order valence-corrected chi connectivity index (χ4v) is 3.76. The molecule has 0 fully saturated rings. The molecule has 3 rings (SSSR count). The van der Waals surface area contributed by atoms with Gasteiger partial charge in [0.1, 0.15) is 12.2 Å². The summed E-state index contributed by atoms with van der Waals surface area (Å²) in [5, 5.41) is 80.7. The number of phenols is 5. The predicted molar refractivity (Wildman–Crippen MR) is 153 cm³/mol. The first-order chi connectivity index (χ1) is 20.3. The number of aromatic hydroxyl groups is 5. The maximum atomic E-state index is 13.2. The van der Waals surface area contributed by atoms with Gasteiger partial charge in [-0.3, -0.25) is 14.4 Å². The number of carbonyl (C=O) groups excluding carboxylic acids is 3. The van der Waals surface area contributed by atoms with Crippen LogP contribution in [-0.2, 0) is 14.4 Å². The molecule has 0 aliphatic carbocycles. The standard InChI is InChI=1S/C31H28O12/c1-43-26-16-19(4-10-22(26)34)5-11-23(35)29(40)30(41)31(42,27(38)12-6-17-2-8-20(32)24(36)14-17)28(39)13-7-18-3-9-21(33)25(37)15-18/h2-16,29-30,32-34,36-37,40-42H,1H3/b11-5+,12-6+,13-7+. The van der Waals surface area contributed by atoms with Crippen LogP contribution in [0.3, 0.4) is 0 Å². The zero-order chi connectivity index (χ0) is 31.9. The Morgan fingerprint density at radius 3 is 1.51 bits per heavy atom. The van der Waals surface area contributed by atoms with E-state index in [1.807, 2.05) is 0 Å². The maximum absolute atomic E-state index is 13.2. The molecule has 43 heavy (non-hydrogen) atoms. The highest BCUT2D eigenvalue weighted by molar-refractivity contribution is 6.21. The highest BCUT2D eigenvalue weighted by Crippen LogP contribution is 2.29. The molecule has 0 heterocycles. The molecule has 8 N–H and O–H groups in total. The molecule has 0 radical (unpaired) electrons. The summed E-state index contributed by atoms with van der Waals surface area (Å²) in [6.07, 6.45) is 0.267. The van der Waals surface area contributed by atoms with Crippen LogP contribution in [0.1, 0.15) is 16.7 Å². The molecule has 2 atom stereocenters. The summed E-state index contributed by atoms with van der Waals surface area (Å²) in [6, 6.07) is 11.0. The fraction of sp³-hybridized carbons (Fsp3) is 0.129. The minimum absolute atomic E-state index is 0.0863. The van der Waals surface area contributed by atoms with Crippen molar-refractivity contribution in [2.24, 2.45) is 0 Å². The number of aliphatic hydroxyl groups is 3. The van der Waals surface area contributed by atoms with Crippen molar-refractivity contribution >= 4 is 35.6 Å². The maximum Gasteiger partial charge on any atom is 0.218 e. The molecule has 224 valence electrons. The van der Waals surface area contributed by atoms with Crippen LogP contribution in [0.5, 0.6) is 34.5 Å². The second-order valence-corrected chi connectivity index (χ2v) is 9.21. The molecular formula is C31H28O12. The molecule has 0 saturated carbocycles. The summed E-state index contributed by atoms with van der Waals surface area (Å²) < 4.78 is 4.98. The number of ketones is 3. The number of rotatable bonds is 12. The minimum Gasteiger partial charge on any atom is -0.504 e. The molecule has 3 aromatic rings. The molecule has 2 unspecified atom stereocenters. The number of methoxy groups -OCH3 is 1. The molecule has 12 nitrogen and oxygen atoms in total. The second kappa shape index (κ2) is 13.5. The predicted octanol–water partition coefficient (Wildman–Crippen LogP) is 1.82. The van der Waals surface area contributed by atoms with Crippen LogP contribution in [0, 0.1) is 0 Å². The third-order valence-corrected chi connectivity index (χ3v) is 6.27. The van der Waals surface area contributed by atoms with Gasteiger partial charge in [0.2, 0.25) is 5.60 Å². The number of aliphatic hydroxyl groups excluding tert-OH is 2. The van der Waals surface area contributed by atoms with Gasteiger partial charge in [-0.15, -0.1) is 0 Å². The number of phenolic OH excluding ortho intramolecular Hbond substituents is 5. The number of benzene rings is 3. The van der Waals surface area contributed by atoms with E-state index in [0.29, 0.717) is 17.7 Å². The van der Waals surface area contributed by atoms with Crippen molar-refractivity contribution in [3.8, 4) is 34.5 Å². The van der Waals surface area contributed by atoms with Crippen LogP contribution in [0.25, 0.3) is 18.2 Å². The van der Waals surface area contributed by atoms with Crippen molar-refractivity contribution < 1.29 is 60.0 Å². The van der Waals surface area contributed by atoms with E-state index in [1.54, 1.807) is 0 Å².